The number of aliphatic hydroxyl groups is 1. The minimum atomic E-state index is -0.340. The highest BCUT2D eigenvalue weighted by molar-refractivity contribution is 5.37. The fourth-order valence-electron chi connectivity index (χ4n) is 1.04. The Balaban J connectivity index is 3.03. The molecule has 0 aliphatic carbocycles. The molecule has 0 saturated heterocycles. The zero-order valence-electron chi connectivity index (χ0n) is 7.67. The maximum atomic E-state index is 13.2. The van der Waals surface area contributed by atoms with Crippen molar-refractivity contribution in [2.75, 3.05) is 13.7 Å². The van der Waals surface area contributed by atoms with E-state index < -0.39 is 0 Å². The van der Waals surface area contributed by atoms with Gasteiger partial charge >= 0.3 is 0 Å². The van der Waals surface area contributed by atoms with Gasteiger partial charge < -0.3 is 9.84 Å². The normalized spacial score (nSPS) is 10.5. The van der Waals surface area contributed by atoms with Crippen LogP contribution in [0.4, 0.5) is 4.39 Å². The van der Waals surface area contributed by atoms with E-state index in [1.54, 1.807) is 19.1 Å². The third-order valence-electron chi connectivity index (χ3n) is 1.87. The molecule has 0 aliphatic rings. The molecule has 1 rings (SSSR count). The monoisotopic (exact) mass is 183 g/mol. The van der Waals surface area contributed by atoms with Crippen LogP contribution in [0.5, 0.6) is 5.75 Å². The number of benzene rings is 1. The zero-order valence-corrected chi connectivity index (χ0v) is 7.67. The van der Waals surface area contributed by atoms with Gasteiger partial charge in [0.25, 0.3) is 0 Å². The predicted molar refractivity (Wildman–Crippen MR) is 48.1 cm³/mol. The molecule has 1 N–H and O–H groups in total. The van der Waals surface area contributed by atoms with Gasteiger partial charge in [-0.3, -0.25) is 0 Å². The van der Waals surface area contributed by atoms with Gasteiger partial charge in [-0.15, -0.1) is 0 Å². The van der Waals surface area contributed by atoms with Crippen molar-refractivity contribution in [3.63, 3.8) is 0 Å². The largest absolute Gasteiger partial charge is 0.497 e. The Hall–Kier alpha value is -1.09. The number of rotatable bonds is 3. The predicted octanol–water partition coefficient (Wildman–Crippen LogP) is 1.77. The summed E-state index contributed by atoms with van der Waals surface area (Å²) in [5.41, 5.74) is 0.404. The van der Waals surface area contributed by atoms with Crippen molar-refractivity contribution in [2.24, 2.45) is 0 Å². The summed E-state index contributed by atoms with van der Waals surface area (Å²) in [6.07, 6.45) is 0. The summed E-state index contributed by atoms with van der Waals surface area (Å²) in [6, 6.07) is 4.44. The van der Waals surface area contributed by atoms with Crippen molar-refractivity contribution in [3.8, 4) is 5.75 Å². The molecule has 13 heavy (non-hydrogen) atoms. The van der Waals surface area contributed by atoms with Crippen LogP contribution < -0.4 is 4.74 Å². The second-order valence-corrected chi connectivity index (χ2v) is 2.78. The number of halogens is 1. The lowest BCUT2D eigenvalue weighted by Gasteiger charge is -2.10. The summed E-state index contributed by atoms with van der Waals surface area (Å²) in [4.78, 5) is 0. The van der Waals surface area contributed by atoms with Crippen LogP contribution >= 0.6 is 0 Å². The molecule has 2 nitrogen and oxygen atoms in total. The molecule has 0 atom stereocenters. The average molecular weight is 183 g/mol. The fourth-order valence-corrected chi connectivity index (χ4v) is 1.04. The van der Waals surface area contributed by atoms with Crippen LogP contribution in [0.25, 0.3) is 0 Å². The van der Waals surface area contributed by atoms with Gasteiger partial charge in [0.15, 0.2) is 0 Å². The van der Waals surface area contributed by atoms with Crippen LogP contribution in [-0.4, -0.2) is 18.8 Å². The van der Waals surface area contributed by atoms with Crippen LogP contribution in [0.3, 0.4) is 0 Å². The molecule has 0 saturated carbocycles. The quantitative estimate of drug-likeness (QED) is 0.773. The summed E-state index contributed by atoms with van der Waals surface area (Å²) >= 11 is 0. The number of aliphatic hydroxyl groups excluding tert-OH is 1. The van der Waals surface area contributed by atoms with Crippen LogP contribution in [0.15, 0.2) is 18.2 Å². The Morgan fingerprint density at radius 1 is 1.54 bits per heavy atom. The average Bonchev–Trinajstić information content (AvgIpc) is 2.17. The molecule has 0 aromatic heterocycles. The number of hydrogen-bond donors (Lipinski definition) is 1. The fraction of sp³-hybridized carbons (Fsp3) is 0.300. The van der Waals surface area contributed by atoms with Gasteiger partial charge in [0, 0.05) is 11.5 Å². The summed E-state index contributed by atoms with van der Waals surface area (Å²) in [5.74, 6) is 0.841. The van der Waals surface area contributed by atoms with Crippen molar-refractivity contribution in [1.82, 2.24) is 0 Å². The first-order valence-corrected chi connectivity index (χ1v) is 3.96. The topological polar surface area (TPSA) is 29.5 Å². The zero-order chi connectivity index (χ0) is 9.84. The van der Waals surface area contributed by atoms with Crippen molar-refractivity contribution >= 4 is 0 Å². The van der Waals surface area contributed by atoms with E-state index >= 15 is 0 Å². The Morgan fingerprint density at radius 3 is 2.77 bits per heavy atom. The Labute approximate surface area is 77.0 Å². The molecule has 1 aromatic rings. The lowest BCUT2D eigenvalue weighted by Crippen LogP contribution is -2.03. The Morgan fingerprint density at radius 2 is 2.23 bits per heavy atom. The third kappa shape index (κ3) is 2.18. The van der Waals surface area contributed by atoms with Gasteiger partial charge in [-0.25, -0.2) is 4.39 Å². The van der Waals surface area contributed by atoms with Crippen LogP contribution in [0.2, 0.25) is 0 Å². The smallest absolute Gasteiger partial charge is 0.127 e. The molecular formula is C10H12FO2. The molecule has 0 aliphatic heterocycles. The summed E-state index contributed by atoms with van der Waals surface area (Å²) in [6.45, 7) is 1.53. The van der Waals surface area contributed by atoms with Gasteiger partial charge in [0.05, 0.1) is 13.7 Å². The van der Waals surface area contributed by atoms with Gasteiger partial charge in [0.2, 0.25) is 0 Å². The molecule has 0 fully saturated rings. The van der Waals surface area contributed by atoms with E-state index in [1.165, 1.54) is 13.2 Å². The standard InChI is InChI=1S/C10H12FO2/c1-7(6-12)9-5-8(13-2)3-4-10(9)11/h3-5,12H,6H2,1-2H3. The maximum absolute atomic E-state index is 13.2. The summed E-state index contributed by atoms with van der Waals surface area (Å²) in [7, 11) is 1.52. The highest BCUT2D eigenvalue weighted by Crippen LogP contribution is 2.22. The van der Waals surface area contributed by atoms with Crippen LogP contribution in [0.1, 0.15) is 12.5 Å². The minimum Gasteiger partial charge on any atom is -0.497 e. The van der Waals surface area contributed by atoms with Gasteiger partial charge in [0.1, 0.15) is 11.6 Å². The van der Waals surface area contributed by atoms with E-state index in [0.29, 0.717) is 17.2 Å². The van der Waals surface area contributed by atoms with Crippen molar-refractivity contribution in [2.45, 2.75) is 6.92 Å². The SMILES string of the molecule is COc1ccc(F)c([C](C)CO)c1. The Bertz CT molecular complexity index is 286. The molecule has 3 heteroatoms. The molecule has 0 amide bonds. The van der Waals surface area contributed by atoms with Crippen molar-refractivity contribution in [3.05, 3.63) is 35.5 Å². The molecule has 71 valence electrons. The van der Waals surface area contributed by atoms with E-state index in [2.05, 4.69) is 0 Å². The van der Waals surface area contributed by atoms with Crippen molar-refractivity contribution in [1.29, 1.82) is 0 Å². The molecule has 0 heterocycles. The number of hydrogen-bond acceptors (Lipinski definition) is 2. The van der Waals surface area contributed by atoms with E-state index in [4.69, 9.17) is 9.84 Å². The lowest BCUT2D eigenvalue weighted by atomic mass is 10.0. The number of ether oxygens (including phenoxy) is 1. The van der Waals surface area contributed by atoms with Crippen LogP contribution in [0, 0.1) is 11.7 Å². The highest BCUT2D eigenvalue weighted by Gasteiger charge is 2.11. The number of methoxy groups -OCH3 is 1. The second kappa shape index (κ2) is 4.23. The van der Waals surface area contributed by atoms with Gasteiger partial charge in [-0.1, -0.05) is 6.92 Å². The minimum absolute atomic E-state index is 0.149. The molecule has 0 unspecified atom stereocenters. The second-order valence-electron chi connectivity index (χ2n) is 2.78. The van der Waals surface area contributed by atoms with E-state index in [0.717, 1.165) is 0 Å². The van der Waals surface area contributed by atoms with Gasteiger partial charge in [-0.2, -0.15) is 0 Å². The lowest BCUT2D eigenvalue weighted by molar-refractivity contribution is 0.313. The van der Waals surface area contributed by atoms with E-state index in [-0.39, 0.29) is 12.4 Å². The third-order valence-corrected chi connectivity index (χ3v) is 1.87. The molecular weight excluding hydrogens is 171 g/mol. The maximum Gasteiger partial charge on any atom is 0.127 e. The first-order valence-electron chi connectivity index (χ1n) is 3.96. The molecule has 1 radical (unpaired) electrons. The summed E-state index contributed by atoms with van der Waals surface area (Å²) < 4.78 is 18.1. The molecule has 1 aromatic carbocycles. The van der Waals surface area contributed by atoms with E-state index in [9.17, 15) is 4.39 Å². The highest BCUT2D eigenvalue weighted by atomic mass is 19.1. The van der Waals surface area contributed by atoms with Gasteiger partial charge in [-0.05, 0) is 18.2 Å². The molecule has 0 spiro atoms. The first kappa shape index (κ1) is 9.99. The summed E-state index contributed by atoms with van der Waals surface area (Å²) in [5, 5.41) is 8.83. The van der Waals surface area contributed by atoms with Crippen LogP contribution in [-0.2, 0) is 0 Å². The van der Waals surface area contributed by atoms with Crippen molar-refractivity contribution < 1.29 is 14.2 Å². The molecule has 0 bridgehead atoms. The first-order chi connectivity index (χ1) is 6.19. The van der Waals surface area contributed by atoms with E-state index in [1.807, 2.05) is 0 Å². The Kier molecular flexibility index (Phi) is 3.25.